The van der Waals surface area contributed by atoms with Crippen LogP contribution in [0, 0.1) is 13.8 Å². The van der Waals surface area contributed by atoms with E-state index in [1.807, 2.05) is 25.2 Å². The molecule has 2 aromatic heterocycles. The summed E-state index contributed by atoms with van der Waals surface area (Å²) in [5.41, 5.74) is 0. The van der Waals surface area contributed by atoms with Gasteiger partial charge >= 0.3 is 0 Å². The Labute approximate surface area is 76.0 Å². The Hall–Kier alpha value is -0.760. The molecule has 0 atom stereocenters. The summed E-state index contributed by atoms with van der Waals surface area (Å²) in [6, 6.07) is 2.24. The monoisotopic (exact) mass is 180 g/mol. The molecule has 0 saturated heterocycles. The number of fused-ring (bicyclic) bond motifs is 1. The summed E-state index contributed by atoms with van der Waals surface area (Å²) < 4.78 is 6.84. The summed E-state index contributed by atoms with van der Waals surface area (Å²) in [5.74, 6) is 2.12. The van der Waals surface area contributed by atoms with Gasteiger partial charge in [-0.05, 0) is 26.3 Å². The van der Waals surface area contributed by atoms with Gasteiger partial charge in [0, 0.05) is 10.3 Å². The van der Waals surface area contributed by atoms with E-state index in [1.54, 1.807) is 0 Å². The van der Waals surface area contributed by atoms with Crippen LogP contribution in [-0.4, -0.2) is 0 Å². The van der Waals surface area contributed by atoms with Crippen molar-refractivity contribution in [2.75, 3.05) is 0 Å². The van der Waals surface area contributed by atoms with Gasteiger partial charge in [-0.1, -0.05) is 6.92 Å². The molecule has 2 heterocycles. The van der Waals surface area contributed by atoms with Crippen molar-refractivity contribution >= 4 is 21.4 Å². The zero-order valence-corrected chi connectivity index (χ0v) is 8.42. The van der Waals surface area contributed by atoms with E-state index >= 15 is 0 Å². The standard InChI is InChI=1S/C10H12OS/c1-4-8-5-9-6(2)11-7(3)10(9)12-8/h5H,4H2,1-3H3. The van der Waals surface area contributed by atoms with Crippen LogP contribution in [0.1, 0.15) is 23.3 Å². The third kappa shape index (κ3) is 0.985. The van der Waals surface area contributed by atoms with Gasteiger partial charge in [0.25, 0.3) is 0 Å². The molecule has 0 spiro atoms. The van der Waals surface area contributed by atoms with Gasteiger partial charge in [-0.3, -0.25) is 0 Å². The van der Waals surface area contributed by atoms with Crippen LogP contribution < -0.4 is 0 Å². The summed E-state index contributed by atoms with van der Waals surface area (Å²) in [6.07, 6.45) is 1.12. The van der Waals surface area contributed by atoms with E-state index in [4.69, 9.17) is 4.42 Å². The molecule has 2 rings (SSSR count). The largest absolute Gasteiger partial charge is 0.465 e. The molecule has 0 bridgehead atoms. The van der Waals surface area contributed by atoms with Gasteiger partial charge in [-0.25, -0.2) is 0 Å². The number of hydrogen-bond acceptors (Lipinski definition) is 2. The van der Waals surface area contributed by atoms with Crippen LogP contribution >= 0.6 is 11.3 Å². The Morgan fingerprint density at radius 3 is 2.67 bits per heavy atom. The predicted molar refractivity (Wildman–Crippen MR) is 52.9 cm³/mol. The van der Waals surface area contributed by atoms with E-state index in [2.05, 4.69) is 13.0 Å². The van der Waals surface area contributed by atoms with Crippen molar-refractivity contribution in [3.8, 4) is 0 Å². The van der Waals surface area contributed by atoms with Crippen LogP contribution in [0.2, 0.25) is 0 Å². The second-order valence-electron chi connectivity index (χ2n) is 3.02. The minimum Gasteiger partial charge on any atom is -0.465 e. The number of aryl methyl sites for hydroxylation is 3. The Morgan fingerprint density at radius 2 is 2.08 bits per heavy atom. The van der Waals surface area contributed by atoms with Crippen molar-refractivity contribution in [3.63, 3.8) is 0 Å². The van der Waals surface area contributed by atoms with Gasteiger partial charge in [0.15, 0.2) is 0 Å². The number of rotatable bonds is 1. The number of hydrogen-bond donors (Lipinski definition) is 0. The fourth-order valence-corrected chi connectivity index (χ4v) is 2.55. The molecule has 64 valence electrons. The SMILES string of the molecule is CCc1cc2c(C)oc(C)c2s1. The zero-order chi connectivity index (χ0) is 8.72. The number of thiophene rings is 1. The average molecular weight is 180 g/mol. The average Bonchev–Trinajstić information content (AvgIpc) is 2.55. The van der Waals surface area contributed by atoms with Crippen LogP contribution in [0.5, 0.6) is 0 Å². The summed E-state index contributed by atoms with van der Waals surface area (Å²) in [6.45, 7) is 6.25. The fourth-order valence-electron chi connectivity index (χ4n) is 1.47. The third-order valence-corrected chi connectivity index (χ3v) is 3.52. The second kappa shape index (κ2) is 2.63. The lowest BCUT2D eigenvalue weighted by molar-refractivity contribution is 0.510. The zero-order valence-electron chi connectivity index (χ0n) is 7.60. The van der Waals surface area contributed by atoms with Crippen molar-refractivity contribution in [1.82, 2.24) is 0 Å². The highest BCUT2D eigenvalue weighted by molar-refractivity contribution is 7.19. The van der Waals surface area contributed by atoms with Gasteiger partial charge < -0.3 is 4.42 Å². The molecule has 0 aromatic carbocycles. The van der Waals surface area contributed by atoms with Gasteiger partial charge in [-0.15, -0.1) is 11.3 Å². The smallest absolute Gasteiger partial charge is 0.118 e. The van der Waals surface area contributed by atoms with Crippen LogP contribution in [0.25, 0.3) is 10.1 Å². The van der Waals surface area contributed by atoms with Crippen LogP contribution in [0.15, 0.2) is 10.5 Å². The molecular weight excluding hydrogens is 168 g/mol. The van der Waals surface area contributed by atoms with E-state index in [0.717, 1.165) is 17.9 Å². The minimum atomic E-state index is 1.05. The molecule has 0 unspecified atom stereocenters. The van der Waals surface area contributed by atoms with Crippen LogP contribution in [0.4, 0.5) is 0 Å². The Morgan fingerprint density at radius 1 is 1.33 bits per heavy atom. The van der Waals surface area contributed by atoms with E-state index in [0.29, 0.717) is 0 Å². The molecule has 12 heavy (non-hydrogen) atoms. The normalized spacial score (nSPS) is 11.2. The number of furan rings is 1. The first-order valence-electron chi connectivity index (χ1n) is 4.20. The van der Waals surface area contributed by atoms with E-state index in [-0.39, 0.29) is 0 Å². The van der Waals surface area contributed by atoms with Crippen LogP contribution in [0.3, 0.4) is 0 Å². The first-order chi connectivity index (χ1) is 5.72. The van der Waals surface area contributed by atoms with E-state index in [1.165, 1.54) is 15.0 Å². The Kier molecular flexibility index (Phi) is 1.72. The van der Waals surface area contributed by atoms with Crippen molar-refractivity contribution in [2.45, 2.75) is 27.2 Å². The molecule has 2 heteroatoms. The van der Waals surface area contributed by atoms with E-state index < -0.39 is 0 Å². The molecule has 0 fully saturated rings. The molecular formula is C10H12OS. The predicted octanol–water partition coefficient (Wildman–Crippen LogP) is 3.67. The fraction of sp³-hybridized carbons (Fsp3) is 0.400. The summed E-state index contributed by atoms with van der Waals surface area (Å²) in [7, 11) is 0. The highest BCUT2D eigenvalue weighted by Crippen LogP contribution is 2.33. The summed E-state index contributed by atoms with van der Waals surface area (Å²) in [4.78, 5) is 1.45. The maximum atomic E-state index is 5.51. The maximum Gasteiger partial charge on any atom is 0.118 e. The lowest BCUT2D eigenvalue weighted by atomic mass is 10.3. The Balaban J connectivity index is 2.75. The van der Waals surface area contributed by atoms with Crippen molar-refractivity contribution in [1.29, 1.82) is 0 Å². The van der Waals surface area contributed by atoms with Gasteiger partial charge in [0.2, 0.25) is 0 Å². The topological polar surface area (TPSA) is 13.1 Å². The van der Waals surface area contributed by atoms with Gasteiger partial charge in [-0.2, -0.15) is 0 Å². The molecule has 0 aliphatic heterocycles. The van der Waals surface area contributed by atoms with Crippen molar-refractivity contribution < 1.29 is 4.42 Å². The Bertz CT molecular complexity index is 374. The second-order valence-corrected chi connectivity index (χ2v) is 4.16. The highest BCUT2D eigenvalue weighted by Gasteiger charge is 2.09. The van der Waals surface area contributed by atoms with Gasteiger partial charge in [0.1, 0.15) is 11.5 Å². The lowest BCUT2D eigenvalue weighted by Gasteiger charge is -1.85. The quantitative estimate of drug-likeness (QED) is 0.652. The first-order valence-corrected chi connectivity index (χ1v) is 5.02. The molecule has 0 saturated carbocycles. The molecule has 0 amide bonds. The van der Waals surface area contributed by atoms with E-state index in [9.17, 15) is 0 Å². The summed E-state index contributed by atoms with van der Waals surface area (Å²) in [5, 5.41) is 1.30. The highest BCUT2D eigenvalue weighted by atomic mass is 32.1. The lowest BCUT2D eigenvalue weighted by Crippen LogP contribution is -1.67. The minimum absolute atomic E-state index is 1.05. The maximum absolute atomic E-state index is 5.51. The molecule has 1 nitrogen and oxygen atoms in total. The molecule has 0 radical (unpaired) electrons. The molecule has 0 N–H and O–H groups in total. The van der Waals surface area contributed by atoms with Crippen molar-refractivity contribution in [2.24, 2.45) is 0 Å². The first kappa shape index (κ1) is 7.87. The van der Waals surface area contributed by atoms with Crippen LogP contribution in [-0.2, 0) is 6.42 Å². The molecule has 0 aliphatic carbocycles. The molecule has 0 aliphatic rings. The van der Waals surface area contributed by atoms with Gasteiger partial charge in [0.05, 0.1) is 4.70 Å². The third-order valence-electron chi connectivity index (χ3n) is 2.14. The van der Waals surface area contributed by atoms with Crippen molar-refractivity contribution in [3.05, 3.63) is 22.5 Å². The molecule has 2 aromatic rings. The summed E-state index contributed by atoms with van der Waals surface area (Å²) >= 11 is 1.85.